The maximum Gasteiger partial charge on any atom is 0.0916 e. The Kier molecular flexibility index (Phi) is 18.6. The third-order valence-electron chi connectivity index (χ3n) is 8.81. The molecule has 2 aliphatic heterocycles. The minimum atomic E-state index is 0. The number of piperazine rings is 2. The van der Waals surface area contributed by atoms with Crippen LogP contribution in [0.3, 0.4) is 0 Å². The SMILES string of the molecule is CCN1CC[N+](CC)(CCCCCCCCCC[N+]2(CC)CCN(CC)CC2)CC1.[Br-].[Br-]. The maximum absolute atomic E-state index is 2.63. The van der Waals surface area contributed by atoms with Crippen molar-refractivity contribution in [3.8, 4) is 0 Å². The van der Waals surface area contributed by atoms with E-state index in [1.807, 2.05) is 0 Å². The lowest BCUT2D eigenvalue weighted by Gasteiger charge is -2.44. The lowest BCUT2D eigenvalue weighted by Crippen LogP contribution is -3.00. The predicted molar refractivity (Wildman–Crippen MR) is 132 cm³/mol. The molecule has 32 heavy (non-hydrogen) atoms. The highest BCUT2D eigenvalue weighted by atomic mass is 79.9. The molecule has 2 heterocycles. The van der Waals surface area contributed by atoms with E-state index in [0.717, 1.165) is 0 Å². The van der Waals surface area contributed by atoms with Crippen molar-refractivity contribution in [1.82, 2.24) is 9.80 Å². The Morgan fingerprint density at radius 2 is 0.750 bits per heavy atom. The Morgan fingerprint density at radius 1 is 0.469 bits per heavy atom. The van der Waals surface area contributed by atoms with Crippen LogP contribution in [0.15, 0.2) is 0 Å². The summed E-state index contributed by atoms with van der Waals surface area (Å²) < 4.78 is 2.79. The van der Waals surface area contributed by atoms with Crippen LogP contribution >= 0.6 is 0 Å². The fraction of sp³-hybridized carbons (Fsp3) is 1.00. The zero-order valence-electron chi connectivity index (χ0n) is 22.1. The summed E-state index contributed by atoms with van der Waals surface area (Å²) in [5, 5.41) is 0. The van der Waals surface area contributed by atoms with Crippen molar-refractivity contribution in [3.05, 3.63) is 0 Å². The van der Waals surface area contributed by atoms with Gasteiger partial charge in [0.2, 0.25) is 0 Å². The minimum absolute atomic E-state index is 0. The first-order chi connectivity index (χ1) is 14.6. The number of nitrogens with zero attached hydrogens (tertiary/aromatic N) is 4. The van der Waals surface area contributed by atoms with Gasteiger partial charge in [-0.2, -0.15) is 0 Å². The molecule has 194 valence electrons. The van der Waals surface area contributed by atoms with Gasteiger partial charge in [-0.1, -0.05) is 39.5 Å². The zero-order chi connectivity index (χ0) is 21.7. The van der Waals surface area contributed by atoms with E-state index < -0.39 is 0 Å². The monoisotopic (exact) mass is 582 g/mol. The van der Waals surface area contributed by atoms with Gasteiger partial charge in [-0.15, -0.1) is 0 Å². The van der Waals surface area contributed by atoms with Gasteiger partial charge in [0, 0.05) is 26.2 Å². The molecule has 2 aliphatic rings. The molecule has 0 aromatic rings. The van der Waals surface area contributed by atoms with Crippen molar-refractivity contribution in [2.24, 2.45) is 0 Å². The molecule has 0 atom stereocenters. The number of hydrogen-bond donors (Lipinski definition) is 0. The first kappa shape index (κ1) is 32.8. The predicted octanol–water partition coefficient (Wildman–Crippen LogP) is -1.54. The average molecular weight is 585 g/mol. The summed E-state index contributed by atoms with van der Waals surface area (Å²) in [5.41, 5.74) is 0. The normalized spacial score (nSPS) is 21.0. The van der Waals surface area contributed by atoms with E-state index in [1.165, 1.54) is 152 Å². The van der Waals surface area contributed by atoms with Gasteiger partial charge >= 0.3 is 0 Å². The second kappa shape index (κ2) is 18.1. The van der Waals surface area contributed by atoms with Crippen LogP contribution in [0.4, 0.5) is 0 Å². The van der Waals surface area contributed by atoms with E-state index in [1.54, 1.807) is 0 Å². The third-order valence-corrected chi connectivity index (χ3v) is 8.81. The summed E-state index contributed by atoms with van der Waals surface area (Å²) in [6, 6.07) is 0. The van der Waals surface area contributed by atoms with E-state index in [0.29, 0.717) is 0 Å². The highest BCUT2D eigenvalue weighted by Gasteiger charge is 2.31. The third kappa shape index (κ3) is 11.0. The molecule has 0 spiro atoms. The van der Waals surface area contributed by atoms with Crippen molar-refractivity contribution in [1.29, 1.82) is 0 Å². The van der Waals surface area contributed by atoms with E-state index in [4.69, 9.17) is 0 Å². The number of quaternary nitrogens is 2. The second-order valence-corrected chi connectivity index (χ2v) is 10.4. The number of unbranched alkanes of at least 4 members (excludes halogenated alkanes) is 7. The lowest BCUT2D eigenvalue weighted by atomic mass is 10.1. The summed E-state index contributed by atoms with van der Waals surface area (Å²) in [6.45, 7) is 28.3. The molecule has 2 rings (SSSR count). The molecule has 0 aromatic heterocycles. The standard InChI is InChI=1S/C26H56N4.2BrH/c1-5-27-17-23-29(7-3,24-18-27)21-15-13-11-9-10-12-14-16-22-30(8-4)25-19-28(6-2)20-26-30;;/h5-26H2,1-4H3;2*1H/q+2;;/p-2. The molecule has 0 radical (unpaired) electrons. The molecule has 0 aliphatic carbocycles. The lowest BCUT2D eigenvalue weighted by molar-refractivity contribution is -0.930. The van der Waals surface area contributed by atoms with Crippen molar-refractivity contribution in [2.45, 2.75) is 79.1 Å². The number of rotatable bonds is 15. The molecule has 0 saturated carbocycles. The first-order valence-corrected chi connectivity index (χ1v) is 13.8. The molecule has 0 unspecified atom stereocenters. The Morgan fingerprint density at radius 3 is 1.00 bits per heavy atom. The quantitative estimate of drug-likeness (QED) is 0.170. The largest absolute Gasteiger partial charge is 1.00 e. The van der Waals surface area contributed by atoms with E-state index in [-0.39, 0.29) is 34.0 Å². The Labute approximate surface area is 222 Å². The average Bonchev–Trinajstić information content (AvgIpc) is 2.81. The maximum atomic E-state index is 2.63. The van der Waals surface area contributed by atoms with Gasteiger partial charge in [-0.25, -0.2) is 0 Å². The van der Waals surface area contributed by atoms with Crippen molar-refractivity contribution >= 4 is 0 Å². The van der Waals surface area contributed by atoms with E-state index in [2.05, 4.69) is 37.5 Å². The van der Waals surface area contributed by atoms with Crippen LogP contribution in [0.25, 0.3) is 0 Å². The number of hydrogen-bond acceptors (Lipinski definition) is 2. The highest BCUT2D eigenvalue weighted by molar-refractivity contribution is 4.64. The van der Waals surface area contributed by atoms with E-state index >= 15 is 0 Å². The first-order valence-electron chi connectivity index (χ1n) is 13.8. The van der Waals surface area contributed by atoms with Crippen LogP contribution in [0.1, 0.15) is 79.1 Å². The van der Waals surface area contributed by atoms with Crippen LogP contribution in [0, 0.1) is 0 Å². The van der Waals surface area contributed by atoms with Gasteiger partial charge in [0.25, 0.3) is 0 Å². The summed E-state index contributed by atoms with van der Waals surface area (Å²) in [4.78, 5) is 5.25. The van der Waals surface area contributed by atoms with Crippen molar-refractivity contribution in [3.63, 3.8) is 0 Å². The number of likely N-dealkylation sites (N-methyl/N-ethyl adjacent to an activating group) is 4. The molecular weight excluding hydrogens is 528 g/mol. The molecule has 6 heteroatoms. The Hall–Kier alpha value is 0.800. The topological polar surface area (TPSA) is 6.48 Å². The fourth-order valence-corrected chi connectivity index (χ4v) is 5.84. The number of halogens is 2. The smallest absolute Gasteiger partial charge is 0.0916 e. The highest BCUT2D eigenvalue weighted by Crippen LogP contribution is 2.18. The van der Waals surface area contributed by atoms with Crippen LogP contribution in [0.2, 0.25) is 0 Å². The van der Waals surface area contributed by atoms with Crippen LogP contribution in [-0.4, -0.2) is 110 Å². The molecule has 0 amide bonds. The van der Waals surface area contributed by atoms with Gasteiger partial charge in [-0.05, 0) is 52.6 Å². The molecule has 0 bridgehead atoms. The summed E-state index contributed by atoms with van der Waals surface area (Å²) in [5.74, 6) is 0. The minimum Gasteiger partial charge on any atom is -1.00 e. The zero-order valence-corrected chi connectivity index (χ0v) is 25.3. The summed E-state index contributed by atoms with van der Waals surface area (Å²) in [7, 11) is 0. The molecule has 0 N–H and O–H groups in total. The summed E-state index contributed by atoms with van der Waals surface area (Å²) in [6.07, 6.45) is 11.7. The Bertz CT molecular complexity index is 394. The van der Waals surface area contributed by atoms with Crippen LogP contribution in [0.5, 0.6) is 0 Å². The molecule has 4 nitrogen and oxygen atoms in total. The van der Waals surface area contributed by atoms with Crippen LogP contribution < -0.4 is 34.0 Å². The van der Waals surface area contributed by atoms with Gasteiger partial charge in [0.05, 0.1) is 52.4 Å². The van der Waals surface area contributed by atoms with Gasteiger partial charge < -0.3 is 42.9 Å². The molecule has 2 fully saturated rings. The van der Waals surface area contributed by atoms with Crippen molar-refractivity contribution < 1.29 is 42.9 Å². The molecular formula is C26H56Br2N4. The molecule has 0 aromatic carbocycles. The second-order valence-electron chi connectivity index (χ2n) is 10.4. The summed E-state index contributed by atoms with van der Waals surface area (Å²) >= 11 is 0. The van der Waals surface area contributed by atoms with Gasteiger partial charge in [-0.3, -0.25) is 9.80 Å². The van der Waals surface area contributed by atoms with Crippen LogP contribution in [-0.2, 0) is 0 Å². The molecule has 2 saturated heterocycles. The van der Waals surface area contributed by atoms with Gasteiger partial charge in [0.1, 0.15) is 0 Å². The van der Waals surface area contributed by atoms with Crippen molar-refractivity contribution in [2.75, 3.05) is 91.6 Å². The fourth-order valence-electron chi connectivity index (χ4n) is 5.84. The Balaban J connectivity index is 0.00000480. The van der Waals surface area contributed by atoms with Gasteiger partial charge in [0.15, 0.2) is 0 Å². The van der Waals surface area contributed by atoms with E-state index in [9.17, 15) is 0 Å².